The number of benzene rings is 3. The summed E-state index contributed by atoms with van der Waals surface area (Å²) < 4.78 is 17.2. The van der Waals surface area contributed by atoms with E-state index in [0.717, 1.165) is 39.8 Å². The molecular formula is C24H23BrO4. The van der Waals surface area contributed by atoms with Gasteiger partial charge in [0.15, 0.2) is 0 Å². The Labute approximate surface area is 179 Å². The average molecular weight is 455 g/mol. The van der Waals surface area contributed by atoms with Crippen molar-refractivity contribution in [1.29, 1.82) is 0 Å². The van der Waals surface area contributed by atoms with Crippen molar-refractivity contribution in [2.45, 2.75) is 19.4 Å². The standard InChI is InChI=1S/C24H23BrO4/c1-27-23-14-17(9-12-21(23)24(26)28-2)8-10-19-15-20(25)11-13-22(19)29-16-18-6-4-3-5-7-18/h3-7,9,11-15H,8,10,16H2,1-2H3. The van der Waals surface area contributed by atoms with E-state index in [1.54, 1.807) is 13.2 Å². The minimum atomic E-state index is -0.406. The predicted octanol–water partition coefficient (Wildman–Crippen LogP) is 5.61. The highest BCUT2D eigenvalue weighted by molar-refractivity contribution is 9.10. The van der Waals surface area contributed by atoms with Crippen molar-refractivity contribution >= 4 is 21.9 Å². The largest absolute Gasteiger partial charge is 0.496 e. The summed E-state index contributed by atoms with van der Waals surface area (Å²) in [5.41, 5.74) is 3.74. The van der Waals surface area contributed by atoms with E-state index in [0.29, 0.717) is 17.9 Å². The minimum Gasteiger partial charge on any atom is -0.496 e. The van der Waals surface area contributed by atoms with Gasteiger partial charge in [-0.05, 0) is 59.9 Å². The van der Waals surface area contributed by atoms with Crippen LogP contribution in [0.4, 0.5) is 0 Å². The number of aryl methyl sites for hydroxylation is 2. The second-order valence-electron chi connectivity index (χ2n) is 6.55. The van der Waals surface area contributed by atoms with Crippen LogP contribution in [-0.2, 0) is 24.2 Å². The molecule has 29 heavy (non-hydrogen) atoms. The molecule has 0 radical (unpaired) electrons. The van der Waals surface area contributed by atoms with Crippen molar-refractivity contribution in [3.8, 4) is 11.5 Å². The molecule has 5 heteroatoms. The maximum atomic E-state index is 11.8. The highest BCUT2D eigenvalue weighted by atomic mass is 79.9. The zero-order chi connectivity index (χ0) is 20.6. The molecular weight excluding hydrogens is 432 g/mol. The molecule has 3 aromatic carbocycles. The first kappa shape index (κ1) is 20.9. The molecule has 0 aliphatic rings. The lowest BCUT2D eigenvalue weighted by Crippen LogP contribution is -2.05. The van der Waals surface area contributed by atoms with E-state index in [1.807, 2.05) is 54.6 Å². The monoisotopic (exact) mass is 454 g/mol. The topological polar surface area (TPSA) is 44.8 Å². The predicted molar refractivity (Wildman–Crippen MR) is 117 cm³/mol. The second-order valence-corrected chi connectivity index (χ2v) is 7.47. The Morgan fingerprint density at radius 2 is 1.66 bits per heavy atom. The van der Waals surface area contributed by atoms with E-state index >= 15 is 0 Å². The molecule has 0 aromatic heterocycles. The third-order valence-corrected chi connectivity index (χ3v) is 5.11. The van der Waals surface area contributed by atoms with Crippen LogP contribution in [0.1, 0.15) is 27.0 Å². The molecule has 0 heterocycles. The molecule has 0 bridgehead atoms. The van der Waals surface area contributed by atoms with Gasteiger partial charge in [0, 0.05) is 4.47 Å². The molecule has 3 aromatic rings. The lowest BCUT2D eigenvalue weighted by molar-refractivity contribution is 0.0597. The van der Waals surface area contributed by atoms with E-state index < -0.39 is 5.97 Å². The molecule has 0 saturated heterocycles. The van der Waals surface area contributed by atoms with Crippen LogP contribution in [0.2, 0.25) is 0 Å². The van der Waals surface area contributed by atoms with E-state index in [4.69, 9.17) is 14.2 Å². The van der Waals surface area contributed by atoms with Crippen molar-refractivity contribution < 1.29 is 19.0 Å². The van der Waals surface area contributed by atoms with Crippen LogP contribution in [0.15, 0.2) is 71.2 Å². The van der Waals surface area contributed by atoms with Crippen molar-refractivity contribution in [2.24, 2.45) is 0 Å². The number of hydrogen-bond donors (Lipinski definition) is 0. The fourth-order valence-electron chi connectivity index (χ4n) is 3.07. The zero-order valence-electron chi connectivity index (χ0n) is 16.5. The maximum Gasteiger partial charge on any atom is 0.341 e. The van der Waals surface area contributed by atoms with Gasteiger partial charge < -0.3 is 14.2 Å². The Morgan fingerprint density at radius 1 is 0.862 bits per heavy atom. The highest BCUT2D eigenvalue weighted by Gasteiger charge is 2.13. The van der Waals surface area contributed by atoms with Gasteiger partial charge in [0.2, 0.25) is 0 Å². The number of esters is 1. The minimum absolute atomic E-state index is 0.406. The van der Waals surface area contributed by atoms with Gasteiger partial charge >= 0.3 is 5.97 Å². The van der Waals surface area contributed by atoms with Crippen molar-refractivity contribution in [2.75, 3.05) is 14.2 Å². The molecule has 150 valence electrons. The number of carbonyl (C=O) groups is 1. The third-order valence-electron chi connectivity index (χ3n) is 4.61. The number of hydrogen-bond acceptors (Lipinski definition) is 4. The van der Waals surface area contributed by atoms with Gasteiger partial charge in [-0.2, -0.15) is 0 Å². The summed E-state index contributed by atoms with van der Waals surface area (Å²) in [5, 5.41) is 0. The summed E-state index contributed by atoms with van der Waals surface area (Å²) in [6.07, 6.45) is 1.58. The van der Waals surface area contributed by atoms with Gasteiger partial charge in [0.05, 0.1) is 14.2 Å². The van der Waals surface area contributed by atoms with E-state index in [1.165, 1.54) is 7.11 Å². The SMILES string of the molecule is COC(=O)c1ccc(CCc2cc(Br)ccc2OCc2ccccc2)cc1OC. The molecule has 0 fully saturated rings. The summed E-state index contributed by atoms with van der Waals surface area (Å²) in [7, 11) is 2.91. The van der Waals surface area contributed by atoms with Crippen LogP contribution in [0.3, 0.4) is 0 Å². The number of carbonyl (C=O) groups excluding carboxylic acids is 1. The van der Waals surface area contributed by atoms with Gasteiger partial charge in [-0.3, -0.25) is 0 Å². The van der Waals surface area contributed by atoms with Crippen LogP contribution in [0.25, 0.3) is 0 Å². The van der Waals surface area contributed by atoms with E-state index in [-0.39, 0.29) is 0 Å². The molecule has 0 aliphatic heterocycles. The summed E-state index contributed by atoms with van der Waals surface area (Å²) >= 11 is 3.55. The molecule has 0 unspecified atom stereocenters. The Kier molecular flexibility index (Phi) is 7.30. The van der Waals surface area contributed by atoms with Gasteiger partial charge in [-0.25, -0.2) is 4.79 Å². The number of methoxy groups -OCH3 is 2. The first-order valence-corrected chi connectivity index (χ1v) is 10.1. The van der Waals surface area contributed by atoms with Gasteiger partial charge in [-0.1, -0.05) is 52.3 Å². The lowest BCUT2D eigenvalue weighted by Gasteiger charge is -2.13. The first-order valence-electron chi connectivity index (χ1n) is 9.31. The highest BCUT2D eigenvalue weighted by Crippen LogP contribution is 2.27. The Hall–Kier alpha value is -2.79. The van der Waals surface area contributed by atoms with Crippen molar-refractivity contribution in [3.05, 3.63) is 93.5 Å². The van der Waals surface area contributed by atoms with Crippen LogP contribution in [0.5, 0.6) is 11.5 Å². The Morgan fingerprint density at radius 3 is 2.38 bits per heavy atom. The molecule has 4 nitrogen and oxygen atoms in total. The van der Waals surface area contributed by atoms with E-state index in [2.05, 4.69) is 22.0 Å². The average Bonchev–Trinajstić information content (AvgIpc) is 2.77. The number of halogens is 1. The fraction of sp³-hybridized carbons (Fsp3) is 0.208. The molecule has 0 amide bonds. The molecule has 0 spiro atoms. The number of rotatable bonds is 8. The third kappa shape index (κ3) is 5.61. The fourth-order valence-corrected chi connectivity index (χ4v) is 3.48. The van der Waals surface area contributed by atoms with E-state index in [9.17, 15) is 4.79 Å². The Balaban J connectivity index is 1.73. The van der Waals surface area contributed by atoms with Crippen LogP contribution < -0.4 is 9.47 Å². The summed E-state index contributed by atoms with van der Waals surface area (Å²) in [6.45, 7) is 0.525. The molecule has 0 saturated carbocycles. The molecule has 0 aliphatic carbocycles. The molecule has 3 rings (SSSR count). The van der Waals surface area contributed by atoms with Crippen LogP contribution in [0, 0.1) is 0 Å². The summed E-state index contributed by atoms with van der Waals surface area (Å²) in [4.78, 5) is 11.8. The van der Waals surface area contributed by atoms with Gasteiger partial charge in [0.25, 0.3) is 0 Å². The smallest absolute Gasteiger partial charge is 0.341 e. The maximum absolute atomic E-state index is 11.8. The van der Waals surface area contributed by atoms with Gasteiger partial charge in [0.1, 0.15) is 23.7 Å². The van der Waals surface area contributed by atoms with Gasteiger partial charge in [-0.15, -0.1) is 0 Å². The quantitative estimate of drug-likeness (QED) is 0.415. The zero-order valence-corrected chi connectivity index (χ0v) is 18.1. The normalized spacial score (nSPS) is 10.4. The second kappa shape index (κ2) is 10.1. The number of ether oxygens (including phenoxy) is 3. The first-order chi connectivity index (χ1) is 14.1. The lowest BCUT2D eigenvalue weighted by atomic mass is 10.0. The van der Waals surface area contributed by atoms with Crippen molar-refractivity contribution in [1.82, 2.24) is 0 Å². The molecule has 0 N–H and O–H groups in total. The van der Waals surface area contributed by atoms with Crippen LogP contribution in [-0.4, -0.2) is 20.2 Å². The summed E-state index contributed by atoms with van der Waals surface area (Å²) in [5.74, 6) is 0.983. The Bertz CT molecular complexity index is 970. The molecule has 0 atom stereocenters. The van der Waals surface area contributed by atoms with Crippen LogP contribution >= 0.6 is 15.9 Å². The summed E-state index contributed by atoms with van der Waals surface area (Å²) in [6, 6.07) is 21.7. The van der Waals surface area contributed by atoms with Crippen molar-refractivity contribution in [3.63, 3.8) is 0 Å².